The zero-order valence-electron chi connectivity index (χ0n) is 16.6. The van der Waals surface area contributed by atoms with E-state index in [9.17, 15) is 9.18 Å². The van der Waals surface area contributed by atoms with Crippen LogP contribution in [0.5, 0.6) is 0 Å². The first-order chi connectivity index (χ1) is 14.6. The first-order valence-electron chi connectivity index (χ1n) is 9.59. The van der Waals surface area contributed by atoms with Crippen LogP contribution in [0.3, 0.4) is 0 Å². The predicted octanol–water partition coefficient (Wildman–Crippen LogP) is 5.27. The lowest BCUT2D eigenvalue weighted by molar-refractivity contribution is -0.142. The first-order valence-corrected chi connectivity index (χ1v) is 10.5. The van der Waals surface area contributed by atoms with Crippen LogP contribution < -0.4 is 0 Å². The number of aromatic nitrogens is 3. The van der Waals surface area contributed by atoms with Crippen molar-refractivity contribution in [2.75, 3.05) is 6.61 Å². The molecule has 0 saturated heterocycles. The Hall–Kier alpha value is -3.19. The standard InChI is InChI=1S/C23H20FN3O2S/c1-3-29-23(28)15(2)30-22-20-19(16-8-5-4-6-9-16)13-27(21(20)25-14-26-22)18-11-7-10-17(24)12-18/h4-15H,3H2,1-2H3/t15-/m0/s1. The lowest BCUT2D eigenvalue weighted by Gasteiger charge is -2.11. The lowest BCUT2D eigenvalue weighted by Crippen LogP contribution is -2.16. The van der Waals surface area contributed by atoms with Crippen molar-refractivity contribution in [2.45, 2.75) is 24.1 Å². The minimum absolute atomic E-state index is 0.292. The van der Waals surface area contributed by atoms with Gasteiger partial charge in [0.15, 0.2) is 0 Å². The van der Waals surface area contributed by atoms with Crippen molar-refractivity contribution in [1.29, 1.82) is 0 Å². The van der Waals surface area contributed by atoms with Gasteiger partial charge in [0.05, 0.1) is 12.0 Å². The number of nitrogens with zero attached hydrogens (tertiary/aromatic N) is 3. The number of hydrogen-bond donors (Lipinski definition) is 0. The summed E-state index contributed by atoms with van der Waals surface area (Å²) in [4.78, 5) is 21.1. The summed E-state index contributed by atoms with van der Waals surface area (Å²) < 4.78 is 20.9. The van der Waals surface area contributed by atoms with E-state index >= 15 is 0 Å². The van der Waals surface area contributed by atoms with Crippen molar-refractivity contribution >= 4 is 28.8 Å². The summed E-state index contributed by atoms with van der Waals surface area (Å²) >= 11 is 1.33. The number of carbonyl (C=O) groups is 1. The number of thioether (sulfide) groups is 1. The van der Waals surface area contributed by atoms with Gasteiger partial charge in [-0.2, -0.15) is 0 Å². The molecule has 4 aromatic rings. The quantitative estimate of drug-likeness (QED) is 0.241. The highest BCUT2D eigenvalue weighted by atomic mass is 32.2. The van der Waals surface area contributed by atoms with Crippen molar-refractivity contribution in [3.63, 3.8) is 0 Å². The van der Waals surface area contributed by atoms with Crippen LogP contribution in [0.15, 0.2) is 72.1 Å². The van der Waals surface area contributed by atoms with E-state index in [1.807, 2.05) is 47.2 Å². The van der Waals surface area contributed by atoms with Crippen molar-refractivity contribution in [2.24, 2.45) is 0 Å². The van der Waals surface area contributed by atoms with Crippen molar-refractivity contribution < 1.29 is 13.9 Å². The minimum atomic E-state index is -0.427. The van der Waals surface area contributed by atoms with Gasteiger partial charge in [-0.3, -0.25) is 4.79 Å². The maximum Gasteiger partial charge on any atom is 0.319 e. The fourth-order valence-electron chi connectivity index (χ4n) is 3.26. The van der Waals surface area contributed by atoms with E-state index in [1.54, 1.807) is 19.9 Å². The van der Waals surface area contributed by atoms with Crippen LogP contribution in [0.4, 0.5) is 4.39 Å². The third-order valence-electron chi connectivity index (χ3n) is 4.63. The summed E-state index contributed by atoms with van der Waals surface area (Å²) in [6.45, 7) is 3.90. The van der Waals surface area contributed by atoms with Crippen molar-refractivity contribution in [3.05, 3.63) is 72.9 Å². The third-order valence-corrected chi connectivity index (χ3v) is 5.71. The normalized spacial score (nSPS) is 12.1. The number of fused-ring (bicyclic) bond motifs is 1. The molecule has 7 heteroatoms. The van der Waals surface area contributed by atoms with Gasteiger partial charge in [0.2, 0.25) is 0 Å². The summed E-state index contributed by atoms with van der Waals surface area (Å²) in [5.74, 6) is -0.615. The molecule has 0 radical (unpaired) electrons. The molecule has 2 aromatic heterocycles. The fourth-order valence-corrected chi connectivity index (χ4v) is 4.18. The number of hydrogen-bond acceptors (Lipinski definition) is 5. The molecule has 0 fully saturated rings. The molecule has 2 heterocycles. The second-order valence-corrected chi connectivity index (χ2v) is 7.98. The Kier molecular flexibility index (Phi) is 5.81. The summed E-state index contributed by atoms with van der Waals surface area (Å²) in [5, 5.41) is 1.06. The molecule has 0 aliphatic heterocycles. The van der Waals surface area contributed by atoms with E-state index < -0.39 is 5.25 Å². The highest BCUT2D eigenvalue weighted by Gasteiger charge is 2.22. The number of benzene rings is 2. The Labute approximate surface area is 177 Å². The fraction of sp³-hybridized carbons (Fsp3) is 0.174. The molecule has 0 aliphatic carbocycles. The monoisotopic (exact) mass is 421 g/mol. The van der Waals surface area contributed by atoms with Crippen molar-refractivity contribution in [3.8, 4) is 16.8 Å². The number of rotatable bonds is 6. The summed E-state index contributed by atoms with van der Waals surface area (Å²) in [7, 11) is 0. The summed E-state index contributed by atoms with van der Waals surface area (Å²) in [5.41, 5.74) is 3.20. The van der Waals surface area contributed by atoms with Gasteiger partial charge in [-0.25, -0.2) is 14.4 Å². The van der Waals surface area contributed by atoms with Gasteiger partial charge in [0.25, 0.3) is 0 Å². The Morgan fingerprint density at radius 2 is 1.97 bits per heavy atom. The molecule has 5 nitrogen and oxygen atoms in total. The smallest absolute Gasteiger partial charge is 0.319 e. The number of carbonyl (C=O) groups excluding carboxylic acids is 1. The molecule has 0 unspecified atom stereocenters. The van der Waals surface area contributed by atoms with Gasteiger partial charge in [-0.15, -0.1) is 0 Å². The van der Waals surface area contributed by atoms with Gasteiger partial charge >= 0.3 is 5.97 Å². The second kappa shape index (κ2) is 8.67. The van der Waals surface area contributed by atoms with Crippen molar-refractivity contribution in [1.82, 2.24) is 14.5 Å². The van der Waals surface area contributed by atoms with Crippen LogP contribution >= 0.6 is 11.8 Å². The summed E-state index contributed by atoms with van der Waals surface area (Å²) in [6.07, 6.45) is 3.40. The Balaban J connectivity index is 1.91. The van der Waals surface area contributed by atoms with E-state index in [2.05, 4.69) is 9.97 Å². The van der Waals surface area contributed by atoms with Crippen LogP contribution in [0.1, 0.15) is 13.8 Å². The van der Waals surface area contributed by atoms with Crippen LogP contribution in [0.2, 0.25) is 0 Å². The number of esters is 1. The average Bonchev–Trinajstić information content (AvgIpc) is 3.15. The maximum atomic E-state index is 13.9. The number of halogens is 1. The van der Waals surface area contributed by atoms with Gasteiger partial charge in [-0.1, -0.05) is 48.2 Å². The first kappa shape index (κ1) is 20.1. The molecule has 0 bridgehead atoms. The zero-order chi connectivity index (χ0) is 21.1. The third kappa shape index (κ3) is 3.93. The van der Waals surface area contributed by atoms with E-state index in [0.717, 1.165) is 16.5 Å². The van der Waals surface area contributed by atoms with Gasteiger partial charge in [0, 0.05) is 17.4 Å². The number of ether oxygens (including phenoxy) is 1. The average molecular weight is 421 g/mol. The largest absolute Gasteiger partial charge is 0.465 e. The SMILES string of the molecule is CCOC(=O)[C@H](C)Sc1ncnc2c1c(-c1ccccc1)cn2-c1cccc(F)c1. The van der Waals surface area contributed by atoms with Crippen LogP contribution in [-0.2, 0) is 9.53 Å². The molecule has 0 spiro atoms. The van der Waals surface area contributed by atoms with E-state index in [4.69, 9.17) is 4.74 Å². The highest BCUT2D eigenvalue weighted by Crippen LogP contribution is 2.38. The lowest BCUT2D eigenvalue weighted by atomic mass is 10.1. The molecule has 0 amide bonds. The molecule has 30 heavy (non-hydrogen) atoms. The molecular weight excluding hydrogens is 401 g/mol. The Bertz CT molecular complexity index is 1190. The molecule has 2 aromatic carbocycles. The van der Waals surface area contributed by atoms with E-state index in [-0.39, 0.29) is 11.8 Å². The van der Waals surface area contributed by atoms with E-state index in [0.29, 0.717) is 23.0 Å². The van der Waals surface area contributed by atoms with Gasteiger partial charge < -0.3 is 9.30 Å². The molecule has 0 saturated carbocycles. The summed E-state index contributed by atoms with van der Waals surface area (Å²) in [6, 6.07) is 16.2. The van der Waals surface area contributed by atoms with Crippen LogP contribution in [0, 0.1) is 5.82 Å². The maximum absolute atomic E-state index is 13.9. The molecule has 0 N–H and O–H groups in total. The molecule has 0 aliphatic rings. The Morgan fingerprint density at radius 3 is 2.70 bits per heavy atom. The molecular formula is C23H20FN3O2S. The zero-order valence-corrected chi connectivity index (χ0v) is 17.4. The Morgan fingerprint density at radius 1 is 1.17 bits per heavy atom. The van der Waals surface area contributed by atoms with Crippen LogP contribution in [-0.4, -0.2) is 32.4 Å². The predicted molar refractivity (Wildman–Crippen MR) is 116 cm³/mol. The molecule has 1 atom stereocenters. The topological polar surface area (TPSA) is 57.0 Å². The molecule has 4 rings (SSSR count). The van der Waals surface area contributed by atoms with Gasteiger partial charge in [0.1, 0.15) is 28.1 Å². The van der Waals surface area contributed by atoms with Gasteiger partial charge in [-0.05, 0) is 37.6 Å². The van der Waals surface area contributed by atoms with Crippen LogP contribution in [0.25, 0.3) is 27.8 Å². The minimum Gasteiger partial charge on any atom is -0.465 e. The van der Waals surface area contributed by atoms with E-state index in [1.165, 1.54) is 30.2 Å². The highest BCUT2D eigenvalue weighted by molar-refractivity contribution is 8.00. The molecule has 152 valence electrons. The second-order valence-electron chi connectivity index (χ2n) is 6.65.